The van der Waals surface area contributed by atoms with E-state index in [0.717, 1.165) is 6.42 Å². The maximum atomic E-state index is 13.1. The molecule has 0 aliphatic carbocycles. The quantitative estimate of drug-likeness (QED) is 0.819. The summed E-state index contributed by atoms with van der Waals surface area (Å²) in [4.78, 5) is 0. The van der Waals surface area contributed by atoms with E-state index in [4.69, 9.17) is 17.3 Å². The van der Waals surface area contributed by atoms with Crippen molar-refractivity contribution in [3.63, 3.8) is 0 Å². The van der Waals surface area contributed by atoms with Crippen LogP contribution in [0.2, 0.25) is 5.02 Å². The zero-order valence-corrected chi connectivity index (χ0v) is 8.83. The molecule has 0 spiro atoms. The normalized spacial score (nSPS) is 12.0. The molecule has 0 radical (unpaired) electrons. The molecule has 1 rings (SSSR count). The van der Waals surface area contributed by atoms with Crippen molar-refractivity contribution in [3.05, 3.63) is 34.6 Å². The molecule has 4 heteroatoms. The Morgan fingerprint density at radius 3 is 2.62 bits per heavy atom. The van der Waals surface area contributed by atoms with Crippen LogP contribution < -0.4 is 5.73 Å². The topological polar surface area (TPSA) is 26.0 Å². The number of halogens is 3. The predicted octanol–water partition coefficient (Wildman–Crippen LogP) is 3.31. The molecular formula is C9H12Cl2FN. The minimum atomic E-state index is -0.322. The van der Waals surface area contributed by atoms with Gasteiger partial charge in [0.15, 0.2) is 0 Å². The Morgan fingerprint density at radius 1 is 1.54 bits per heavy atom. The van der Waals surface area contributed by atoms with E-state index in [0.29, 0.717) is 10.6 Å². The lowest BCUT2D eigenvalue weighted by Gasteiger charge is -2.09. The first-order valence-electron chi connectivity index (χ1n) is 3.85. The maximum Gasteiger partial charge on any atom is 0.129 e. The second-order valence-corrected chi connectivity index (χ2v) is 3.12. The Hall–Kier alpha value is -0.310. The van der Waals surface area contributed by atoms with Crippen LogP contribution in [0.15, 0.2) is 18.2 Å². The van der Waals surface area contributed by atoms with Crippen molar-refractivity contribution in [2.24, 2.45) is 5.73 Å². The summed E-state index contributed by atoms with van der Waals surface area (Å²) in [5, 5.41) is 0.402. The third-order valence-electron chi connectivity index (χ3n) is 1.80. The third-order valence-corrected chi connectivity index (χ3v) is 2.04. The van der Waals surface area contributed by atoms with Gasteiger partial charge in [-0.1, -0.05) is 24.6 Å². The molecule has 0 heterocycles. The van der Waals surface area contributed by atoms with Crippen LogP contribution in [0.25, 0.3) is 0 Å². The molecule has 0 amide bonds. The molecule has 0 aromatic heterocycles. The molecule has 2 N–H and O–H groups in total. The van der Waals surface area contributed by atoms with Gasteiger partial charge < -0.3 is 5.73 Å². The van der Waals surface area contributed by atoms with Crippen LogP contribution in [0, 0.1) is 5.82 Å². The molecule has 1 nitrogen and oxygen atoms in total. The van der Waals surface area contributed by atoms with Gasteiger partial charge in [-0.05, 0) is 18.6 Å². The van der Waals surface area contributed by atoms with E-state index >= 15 is 0 Å². The summed E-state index contributed by atoms with van der Waals surface area (Å²) in [6.45, 7) is 1.92. The first kappa shape index (κ1) is 12.7. The van der Waals surface area contributed by atoms with E-state index in [1.807, 2.05) is 6.92 Å². The highest BCUT2D eigenvalue weighted by Crippen LogP contribution is 2.20. The summed E-state index contributed by atoms with van der Waals surface area (Å²) in [6, 6.07) is 4.33. The van der Waals surface area contributed by atoms with Crippen molar-refractivity contribution in [1.82, 2.24) is 0 Å². The number of nitrogens with two attached hydrogens (primary N) is 1. The average molecular weight is 224 g/mol. The van der Waals surface area contributed by atoms with E-state index < -0.39 is 0 Å². The van der Waals surface area contributed by atoms with Gasteiger partial charge in [0.2, 0.25) is 0 Å². The SMILES string of the molecule is CCC(N)c1ccc(Cl)cc1F.Cl. The lowest BCUT2D eigenvalue weighted by atomic mass is 10.1. The molecular weight excluding hydrogens is 212 g/mol. The molecule has 0 aliphatic heterocycles. The molecule has 1 aromatic rings. The van der Waals surface area contributed by atoms with Crippen LogP contribution in [-0.4, -0.2) is 0 Å². The lowest BCUT2D eigenvalue weighted by Crippen LogP contribution is -2.10. The number of hydrogen-bond donors (Lipinski definition) is 1. The zero-order valence-electron chi connectivity index (χ0n) is 7.26. The highest BCUT2D eigenvalue weighted by atomic mass is 35.5. The van der Waals surface area contributed by atoms with Gasteiger partial charge in [-0.2, -0.15) is 0 Å². The van der Waals surface area contributed by atoms with Crippen LogP contribution >= 0.6 is 24.0 Å². The van der Waals surface area contributed by atoms with Gasteiger partial charge in [0.1, 0.15) is 5.82 Å². The van der Waals surface area contributed by atoms with Crippen LogP contribution in [0.1, 0.15) is 24.9 Å². The second-order valence-electron chi connectivity index (χ2n) is 2.68. The van der Waals surface area contributed by atoms with E-state index in [1.54, 1.807) is 12.1 Å². The Balaban J connectivity index is 0.00000144. The number of hydrogen-bond acceptors (Lipinski definition) is 1. The van der Waals surface area contributed by atoms with Gasteiger partial charge in [-0.15, -0.1) is 12.4 Å². The molecule has 0 fully saturated rings. The Kier molecular flexibility index (Phi) is 5.30. The van der Waals surface area contributed by atoms with E-state index in [9.17, 15) is 4.39 Å². The smallest absolute Gasteiger partial charge is 0.129 e. The highest BCUT2D eigenvalue weighted by molar-refractivity contribution is 6.30. The minimum Gasteiger partial charge on any atom is -0.324 e. The first-order valence-corrected chi connectivity index (χ1v) is 4.23. The largest absolute Gasteiger partial charge is 0.324 e. The number of rotatable bonds is 2. The van der Waals surface area contributed by atoms with E-state index in [2.05, 4.69) is 0 Å². The van der Waals surface area contributed by atoms with Gasteiger partial charge in [-0.3, -0.25) is 0 Å². The van der Waals surface area contributed by atoms with Crippen LogP contribution in [0.4, 0.5) is 4.39 Å². The summed E-state index contributed by atoms with van der Waals surface area (Å²) in [5.41, 5.74) is 6.19. The van der Waals surface area contributed by atoms with Crippen molar-refractivity contribution in [2.75, 3.05) is 0 Å². The first-order chi connectivity index (χ1) is 5.65. The Morgan fingerprint density at radius 2 is 2.15 bits per heavy atom. The Bertz CT molecular complexity index is 278. The second kappa shape index (κ2) is 5.43. The van der Waals surface area contributed by atoms with Gasteiger partial charge >= 0.3 is 0 Å². The highest BCUT2D eigenvalue weighted by Gasteiger charge is 2.08. The maximum absolute atomic E-state index is 13.1. The molecule has 74 valence electrons. The summed E-state index contributed by atoms with van der Waals surface area (Å²) < 4.78 is 13.1. The average Bonchev–Trinajstić information content (AvgIpc) is 2.03. The Labute approximate surface area is 88.5 Å². The van der Waals surface area contributed by atoms with Crippen molar-refractivity contribution in [2.45, 2.75) is 19.4 Å². The van der Waals surface area contributed by atoms with Gasteiger partial charge in [0, 0.05) is 16.6 Å². The van der Waals surface area contributed by atoms with Gasteiger partial charge in [0.05, 0.1) is 0 Å². The summed E-state index contributed by atoms with van der Waals surface area (Å²) in [5.74, 6) is -0.322. The predicted molar refractivity (Wildman–Crippen MR) is 55.9 cm³/mol. The summed E-state index contributed by atoms with van der Waals surface area (Å²) >= 11 is 5.58. The van der Waals surface area contributed by atoms with E-state index in [1.165, 1.54) is 6.07 Å². The van der Waals surface area contributed by atoms with Crippen LogP contribution in [0.5, 0.6) is 0 Å². The molecule has 0 bridgehead atoms. The lowest BCUT2D eigenvalue weighted by molar-refractivity contribution is 0.575. The molecule has 1 aromatic carbocycles. The van der Waals surface area contributed by atoms with E-state index in [-0.39, 0.29) is 24.3 Å². The summed E-state index contributed by atoms with van der Waals surface area (Å²) in [7, 11) is 0. The van der Waals surface area contributed by atoms with Gasteiger partial charge in [0.25, 0.3) is 0 Å². The fraction of sp³-hybridized carbons (Fsp3) is 0.333. The number of benzene rings is 1. The monoisotopic (exact) mass is 223 g/mol. The fourth-order valence-electron chi connectivity index (χ4n) is 1.02. The van der Waals surface area contributed by atoms with Crippen molar-refractivity contribution < 1.29 is 4.39 Å². The molecule has 1 unspecified atom stereocenters. The third kappa shape index (κ3) is 3.14. The van der Waals surface area contributed by atoms with Crippen LogP contribution in [-0.2, 0) is 0 Å². The molecule has 0 saturated carbocycles. The van der Waals surface area contributed by atoms with Crippen LogP contribution in [0.3, 0.4) is 0 Å². The molecule has 1 atom stereocenters. The molecule has 0 aliphatic rings. The zero-order chi connectivity index (χ0) is 9.14. The fourth-order valence-corrected chi connectivity index (χ4v) is 1.18. The standard InChI is InChI=1S/C9H11ClFN.ClH/c1-2-9(12)7-4-3-6(10)5-8(7)11;/h3-5,9H,2,12H2,1H3;1H. The van der Waals surface area contributed by atoms with Crippen molar-refractivity contribution in [3.8, 4) is 0 Å². The minimum absolute atomic E-state index is 0. The van der Waals surface area contributed by atoms with Gasteiger partial charge in [-0.25, -0.2) is 4.39 Å². The van der Waals surface area contributed by atoms with Crippen molar-refractivity contribution >= 4 is 24.0 Å². The molecule has 0 saturated heterocycles. The van der Waals surface area contributed by atoms with Crippen molar-refractivity contribution in [1.29, 1.82) is 0 Å². The molecule has 13 heavy (non-hydrogen) atoms. The summed E-state index contributed by atoms with van der Waals surface area (Å²) in [6.07, 6.45) is 0.721.